The lowest BCUT2D eigenvalue weighted by molar-refractivity contribution is 1.18. The molecule has 230 valence electrons. The maximum absolute atomic E-state index is 10.0. The van der Waals surface area contributed by atoms with Gasteiger partial charge in [-0.25, -0.2) is 4.85 Å². The van der Waals surface area contributed by atoms with Gasteiger partial charge in [0.05, 0.1) is 51.9 Å². The molecule has 9 aromatic rings. The van der Waals surface area contributed by atoms with E-state index in [-0.39, 0.29) is 0 Å². The lowest BCUT2D eigenvalue weighted by Gasteiger charge is -2.16. The summed E-state index contributed by atoms with van der Waals surface area (Å²) in [6.07, 6.45) is 0. The Morgan fingerprint density at radius 3 is 1.98 bits per heavy atom. The van der Waals surface area contributed by atoms with E-state index in [9.17, 15) is 10.5 Å². The standard InChI is InChI=1S/C45H25N5/c1-48-34-20-21-36(44(26-34)50-41-17-5-3-15-38(41)45-33(28-47)12-8-18-43(45)50)32-11-6-9-30(24-32)31-10-7-13-35(25-31)49-40-16-4-2-14-37(40)39-23-29(27-46)19-22-42(39)49/h2-26H. The van der Waals surface area contributed by atoms with E-state index >= 15 is 0 Å². The molecule has 0 radical (unpaired) electrons. The molecule has 5 nitrogen and oxygen atoms in total. The summed E-state index contributed by atoms with van der Waals surface area (Å²) in [5.74, 6) is 0. The number of benzene rings is 7. The van der Waals surface area contributed by atoms with E-state index in [2.05, 4.69) is 98.9 Å². The number of aromatic nitrogens is 2. The van der Waals surface area contributed by atoms with Gasteiger partial charge in [-0.15, -0.1) is 0 Å². The Morgan fingerprint density at radius 1 is 0.500 bits per heavy atom. The summed E-state index contributed by atoms with van der Waals surface area (Å²) in [5.41, 5.74) is 11.9. The van der Waals surface area contributed by atoms with Crippen molar-refractivity contribution < 1.29 is 0 Å². The van der Waals surface area contributed by atoms with Gasteiger partial charge in [-0.2, -0.15) is 10.5 Å². The molecule has 9 rings (SSSR count). The Morgan fingerprint density at radius 2 is 1.18 bits per heavy atom. The summed E-state index contributed by atoms with van der Waals surface area (Å²) in [6.45, 7) is 7.83. The monoisotopic (exact) mass is 635 g/mol. The van der Waals surface area contributed by atoms with E-state index in [0.29, 0.717) is 16.8 Å². The van der Waals surface area contributed by atoms with Crippen LogP contribution in [-0.2, 0) is 0 Å². The van der Waals surface area contributed by atoms with Crippen molar-refractivity contribution in [1.82, 2.24) is 9.13 Å². The average molecular weight is 636 g/mol. The Hall–Kier alpha value is -7.39. The molecular formula is C45H25N5. The summed E-state index contributed by atoms with van der Waals surface area (Å²) in [5, 5.41) is 23.7. The molecule has 50 heavy (non-hydrogen) atoms. The molecule has 0 saturated heterocycles. The van der Waals surface area contributed by atoms with Crippen LogP contribution in [0.5, 0.6) is 0 Å². The highest BCUT2D eigenvalue weighted by Gasteiger charge is 2.19. The molecule has 0 aliphatic rings. The SMILES string of the molecule is [C-]#[N+]c1ccc(-c2cccc(-c3cccc(-n4c5ccccc5c5cc(C#N)ccc54)c3)c2)c(-n2c3ccccc3c3c(C#N)cccc32)c1. The fraction of sp³-hybridized carbons (Fsp3) is 0. The minimum atomic E-state index is 0.544. The normalized spacial score (nSPS) is 11.1. The molecule has 0 atom stereocenters. The quantitative estimate of drug-likeness (QED) is 0.181. The number of fused-ring (bicyclic) bond motifs is 6. The highest BCUT2D eigenvalue weighted by Crippen LogP contribution is 2.40. The van der Waals surface area contributed by atoms with Crippen LogP contribution in [0.4, 0.5) is 5.69 Å². The van der Waals surface area contributed by atoms with E-state index in [1.165, 1.54) is 0 Å². The number of nitrogens with zero attached hydrogens (tertiary/aromatic N) is 5. The summed E-state index contributed by atoms with van der Waals surface area (Å²) in [7, 11) is 0. The second-order valence-electron chi connectivity index (χ2n) is 12.3. The van der Waals surface area contributed by atoms with Gasteiger partial charge in [0.2, 0.25) is 0 Å². The number of hydrogen-bond donors (Lipinski definition) is 0. The second kappa shape index (κ2) is 11.4. The molecule has 0 amide bonds. The highest BCUT2D eigenvalue weighted by molar-refractivity contribution is 6.12. The zero-order valence-electron chi connectivity index (χ0n) is 26.7. The Kier molecular flexibility index (Phi) is 6.56. The molecular weight excluding hydrogens is 611 g/mol. The number of rotatable bonds is 4. The predicted molar refractivity (Wildman–Crippen MR) is 202 cm³/mol. The molecule has 7 aromatic carbocycles. The van der Waals surface area contributed by atoms with E-state index in [1.54, 1.807) is 0 Å². The third-order valence-corrected chi connectivity index (χ3v) is 9.58. The summed E-state index contributed by atoms with van der Waals surface area (Å²) in [4.78, 5) is 3.79. The van der Waals surface area contributed by atoms with Crippen molar-refractivity contribution in [3.8, 4) is 45.8 Å². The van der Waals surface area contributed by atoms with Gasteiger partial charge < -0.3 is 9.13 Å². The number of hydrogen-bond acceptors (Lipinski definition) is 2. The van der Waals surface area contributed by atoms with Gasteiger partial charge in [0.15, 0.2) is 5.69 Å². The fourth-order valence-electron chi connectivity index (χ4n) is 7.40. The fourth-order valence-corrected chi connectivity index (χ4v) is 7.40. The largest absolute Gasteiger partial charge is 0.310 e. The Balaban J connectivity index is 1.22. The van der Waals surface area contributed by atoms with Crippen molar-refractivity contribution in [2.75, 3.05) is 0 Å². The first-order chi connectivity index (χ1) is 24.7. The molecule has 2 heterocycles. The van der Waals surface area contributed by atoms with Gasteiger partial charge in [0, 0.05) is 38.5 Å². The van der Waals surface area contributed by atoms with Crippen LogP contribution in [0.3, 0.4) is 0 Å². The van der Waals surface area contributed by atoms with Gasteiger partial charge in [0.1, 0.15) is 0 Å². The molecule has 0 aliphatic carbocycles. The van der Waals surface area contributed by atoms with Crippen molar-refractivity contribution in [1.29, 1.82) is 10.5 Å². The molecule has 5 heteroatoms. The lowest BCUT2D eigenvalue weighted by atomic mass is 9.97. The molecule has 0 unspecified atom stereocenters. The zero-order chi connectivity index (χ0) is 33.8. The average Bonchev–Trinajstić information content (AvgIpc) is 3.70. The van der Waals surface area contributed by atoms with Crippen LogP contribution in [-0.4, -0.2) is 9.13 Å². The first-order valence-corrected chi connectivity index (χ1v) is 16.3. The predicted octanol–water partition coefficient (Wildman–Crippen LogP) is 11.5. The summed E-state index contributed by atoms with van der Waals surface area (Å²) in [6, 6.07) is 55.7. The molecule has 0 bridgehead atoms. The maximum Gasteiger partial charge on any atom is 0.189 e. The Labute approximate surface area is 288 Å². The molecule has 0 N–H and O–H groups in total. The van der Waals surface area contributed by atoms with E-state index in [0.717, 1.165) is 77.2 Å². The minimum absolute atomic E-state index is 0.544. The highest BCUT2D eigenvalue weighted by atomic mass is 15.0. The van der Waals surface area contributed by atoms with E-state index in [4.69, 9.17) is 6.57 Å². The first-order valence-electron chi connectivity index (χ1n) is 16.3. The van der Waals surface area contributed by atoms with Gasteiger partial charge in [-0.3, -0.25) is 0 Å². The van der Waals surface area contributed by atoms with Crippen molar-refractivity contribution in [2.45, 2.75) is 0 Å². The van der Waals surface area contributed by atoms with Gasteiger partial charge in [-0.1, -0.05) is 84.9 Å². The molecule has 0 saturated carbocycles. The third-order valence-electron chi connectivity index (χ3n) is 9.58. The zero-order valence-corrected chi connectivity index (χ0v) is 26.7. The van der Waals surface area contributed by atoms with Crippen LogP contribution in [0.25, 0.3) is 82.1 Å². The number of para-hydroxylation sites is 2. The van der Waals surface area contributed by atoms with Crippen molar-refractivity contribution in [3.05, 3.63) is 174 Å². The second-order valence-corrected chi connectivity index (χ2v) is 12.3. The van der Waals surface area contributed by atoms with Crippen LogP contribution in [0.1, 0.15) is 11.1 Å². The topological polar surface area (TPSA) is 61.8 Å². The summed E-state index contributed by atoms with van der Waals surface area (Å²) >= 11 is 0. The smallest absolute Gasteiger partial charge is 0.189 e. The first kappa shape index (κ1) is 28.8. The van der Waals surface area contributed by atoms with E-state index in [1.807, 2.05) is 78.9 Å². The molecule has 0 spiro atoms. The molecule has 0 fully saturated rings. The van der Waals surface area contributed by atoms with Crippen LogP contribution in [0, 0.1) is 29.2 Å². The van der Waals surface area contributed by atoms with Crippen molar-refractivity contribution >= 4 is 49.3 Å². The maximum atomic E-state index is 10.0. The lowest BCUT2D eigenvalue weighted by Crippen LogP contribution is -1.97. The summed E-state index contributed by atoms with van der Waals surface area (Å²) < 4.78 is 4.45. The van der Waals surface area contributed by atoms with Gasteiger partial charge in [-0.05, 0) is 83.4 Å². The van der Waals surface area contributed by atoms with Crippen molar-refractivity contribution in [2.24, 2.45) is 0 Å². The third kappa shape index (κ3) is 4.38. The molecule has 0 aliphatic heterocycles. The minimum Gasteiger partial charge on any atom is -0.310 e. The van der Waals surface area contributed by atoms with Gasteiger partial charge >= 0.3 is 0 Å². The van der Waals surface area contributed by atoms with Gasteiger partial charge in [0.25, 0.3) is 0 Å². The van der Waals surface area contributed by atoms with Crippen LogP contribution >= 0.6 is 0 Å². The van der Waals surface area contributed by atoms with Crippen LogP contribution in [0.2, 0.25) is 0 Å². The van der Waals surface area contributed by atoms with Crippen molar-refractivity contribution in [3.63, 3.8) is 0 Å². The van der Waals surface area contributed by atoms with Crippen LogP contribution in [0.15, 0.2) is 152 Å². The van der Waals surface area contributed by atoms with Crippen LogP contribution < -0.4 is 0 Å². The van der Waals surface area contributed by atoms with E-state index < -0.39 is 0 Å². The molecule has 2 aromatic heterocycles. The Bertz CT molecular complexity index is 2970. The number of nitriles is 2.